The minimum Gasteiger partial charge on any atom is -0.480 e. The molecule has 1 amide bonds. The molecule has 5 heteroatoms. The zero-order chi connectivity index (χ0) is 14.3. The quantitative estimate of drug-likeness (QED) is 0.805. The summed E-state index contributed by atoms with van der Waals surface area (Å²) in [7, 11) is 0. The second-order valence-electron chi connectivity index (χ2n) is 4.21. The summed E-state index contributed by atoms with van der Waals surface area (Å²) >= 11 is 1.40. The van der Waals surface area contributed by atoms with Crippen molar-refractivity contribution in [3.8, 4) is 0 Å². The van der Waals surface area contributed by atoms with Crippen molar-refractivity contribution in [2.75, 3.05) is 6.26 Å². The second kappa shape index (κ2) is 7.84. The van der Waals surface area contributed by atoms with Crippen LogP contribution in [0.5, 0.6) is 0 Å². The smallest absolute Gasteiger partial charge is 0.326 e. The third kappa shape index (κ3) is 4.59. The van der Waals surface area contributed by atoms with E-state index in [0.29, 0.717) is 12.8 Å². The summed E-state index contributed by atoms with van der Waals surface area (Å²) in [4.78, 5) is 23.2. The molecule has 0 heterocycles. The highest BCUT2D eigenvalue weighted by Crippen LogP contribution is 2.26. The maximum Gasteiger partial charge on any atom is 0.326 e. The van der Waals surface area contributed by atoms with Gasteiger partial charge in [0.15, 0.2) is 0 Å². The van der Waals surface area contributed by atoms with Gasteiger partial charge in [0, 0.05) is 0 Å². The normalized spacial score (nSPS) is 13.6. The number of amides is 1. The lowest BCUT2D eigenvalue weighted by molar-refractivity contribution is -0.142. The van der Waals surface area contributed by atoms with Crippen molar-refractivity contribution >= 4 is 23.6 Å². The zero-order valence-corrected chi connectivity index (χ0v) is 11.9. The monoisotopic (exact) mass is 281 g/mol. The van der Waals surface area contributed by atoms with Gasteiger partial charge in [0.25, 0.3) is 0 Å². The molecular formula is C14H19NO3S. The van der Waals surface area contributed by atoms with E-state index in [-0.39, 0.29) is 11.2 Å². The number of aliphatic carboxylic acids is 1. The van der Waals surface area contributed by atoms with E-state index in [2.05, 4.69) is 5.32 Å². The van der Waals surface area contributed by atoms with Gasteiger partial charge in [-0.1, -0.05) is 43.7 Å². The summed E-state index contributed by atoms with van der Waals surface area (Å²) in [5, 5.41) is 11.3. The van der Waals surface area contributed by atoms with Gasteiger partial charge >= 0.3 is 5.97 Å². The summed E-state index contributed by atoms with van der Waals surface area (Å²) in [6.07, 6.45) is 3.00. The van der Waals surface area contributed by atoms with E-state index >= 15 is 0 Å². The average Bonchev–Trinajstić information content (AvgIpc) is 2.40. The lowest BCUT2D eigenvalue weighted by atomic mass is 10.1. The van der Waals surface area contributed by atoms with Crippen LogP contribution >= 0.6 is 11.8 Å². The van der Waals surface area contributed by atoms with E-state index < -0.39 is 12.0 Å². The van der Waals surface area contributed by atoms with Crippen LogP contribution < -0.4 is 5.32 Å². The lowest BCUT2D eigenvalue weighted by Crippen LogP contribution is -2.42. The van der Waals surface area contributed by atoms with Gasteiger partial charge in [-0.3, -0.25) is 4.79 Å². The Morgan fingerprint density at radius 1 is 1.32 bits per heavy atom. The number of benzene rings is 1. The van der Waals surface area contributed by atoms with E-state index in [1.54, 1.807) is 0 Å². The summed E-state index contributed by atoms with van der Waals surface area (Å²) in [5.41, 5.74) is 0.883. The second-order valence-corrected chi connectivity index (χ2v) is 5.16. The molecule has 0 saturated carbocycles. The Kier molecular flexibility index (Phi) is 6.42. The van der Waals surface area contributed by atoms with E-state index in [4.69, 9.17) is 5.11 Å². The Bertz CT molecular complexity index is 422. The van der Waals surface area contributed by atoms with E-state index in [1.807, 2.05) is 43.5 Å². The van der Waals surface area contributed by atoms with E-state index in [9.17, 15) is 9.59 Å². The summed E-state index contributed by atoms with van der Waals surface area (Å²) in [6.45, 7) is 1.89. The number of carboxylic acids is 1. The molecule has 19 heavy (non-hydrogen) atoms. The Morgan fingerprint density at radius 2 is 1.95 bits per heavy atom. The highest BCUT2D eigenvalue weighted by Gasteiger charge is 2.25. The first kappa shape index (κ1) is 15.6. The molecule has 0 spiro atoms. The molecule has 0 radical (unpaired) electrons. The maximum atomic E-state index is 12.2. The summed E-state index contributed by atoms with van der Waals surface area (Å²) < 4.78 is 0. The minimum atomic E-state index is -0.983. The predicted octanol–water partition coefficient (Wildman–Crippen LogP) is 2.46. The van der Waals surface area contributed by atoms with Crippen molar-refractivity contribution in [1.29, 1.82) is 0 Å². The molecule has 2 N–H and O–H groups in total. The number of carbonyl (C=O) groups excluding carboxylic acids is 1. The van der Waals surface area contributed by atoms with Crippen molar-refractivity contribution < 1.29 is 14.7 Å². The van der Waals surface area contributed by atoms with Gasteiger partial charge in [-0.25, -0.2) is 4.79 Å². The molecule has 2 unspecified atom stereocenters. The molecule has 0 aliphatic rings. The maximum absolute atomic E-state index is 12.2. The lowest BCUT2D eigenvalue weighted by Gasteiger charge is -2.19. The molecule has 104 valence electrons. The molecule has 0 bridgehead atoms. The van der Waals surface area contributed by atoms with Crippen LogP contribution in [-0.2, 0) is 9.59 Å². The van der Waals surface area contributed by atoms with Gasteiger partial charge in [-0.05, 0) is 18.2 Å². The largest absolute Gasteiger partial charge is 0.480 e. The minimum absolute atomic E-state index is 0.250. The van der Waals surface area contributed by atoms with Crippen molar-refractivity contribution in [2.24, 2.45) is 0 Å². The van der Waals surface area contributed by atoms with Gasteiger partial charge in [-0.15, -0.1) is 11.8 Å². The van der Waals surface area contributed by atoms with Crippen LogP contribution in [0.3, 0.4) is 0 Å². The third-order valence-corrected chi connectivity index (χ3v) is 3.73. The standard InChI is InChI=1S/C14H19NO3S/c1-3-7-11(14(17)18)15-13(16)12(19-2)10-8-5-4-6-9-10/h4-6,8-9,11-12H,3,7H2,1-2H3,(H,15,16)(H,17,18). The van der Waals surface area contributed by atoms with Crippen molar-refractivity contribution in [3.63, 3.8) is 0 Å². The van der Waals surface area contributed by atoms with Crippen LogP contribution in [0.1, 0.15) is 30.6 Å². The predicted molar refractivity (Wildman–Crippen MR) is 77.2 cm³/mol. The van der Waals surface area contributed by atoms with Gasteiger partial charge in [0.05, 0.1) is 0 Å². The molecule has 1 rings (SSSR count). The van der Waals surface area contributed by atoms with Crippen LogP contribution in [0.15, 0.2) is 30.3 Å². The first-order valence-electron chi connectivity index (χ1n) is 6.21. The van der Waals surface area contributed by atoms with Crippen LogP contribution in [0.25, 0.3) is 0 Å². The fraction of sp³-hybridized carbons (Fsp3) is 0.429. The van der Waals surface area contributed by atoms with Crippen LogP contribution in [0, 0.1) is 0 Å². The summed E-state index contributed by atoms with van der Waals surface area (Å²) in [6, 6.07) is 8.55. The fourth-order valence-corrected chi connectivity index (χ4v) is 2.53. The van der Waals surface area contributed by atoms with E-state index in [0.717, 1.165) is 5.56 Å². The van der Waals surface area contributed by atoms with Crippen LogP contribution in [0.2, 0.25) is 0 Å². The Labute approximate surface area is 117 Å². The van der Waals surface area contributed by atoms with Crippen molar-refractivity contribution in [2.45, 2.75) is 31.1 Å². The van der Waals surface area contributed by atoms with Crippen LogP contribution in [-0.4, -0.2) is 29.3 Å². The number of carboxylic acid groups (broad SMARTS) is 1. The fourth-order valence-electron chi connectivity index (χ4n) is 1.82. The first-order valence-corrected chi connectivity index (χ1v) is 7.49. The average molecular weight is 281 g/mol. The van der Waals surface area contributed by atoms with Crippen LogP contribution in [0.4, 0.5) is 0 Å². The SMILES string of the molecule is CCCC(NC(=O)C(SC)c1ccccc1)C(=O)O. The Balaban J connectivity index is 2.76. The molecule has 4 nitrogen and oxygen atoms in total. The number of thioether (sulfide) groups is 1. The molecule has 0 saturated heterocycles. The molecule has 1 aromatic rings. The highest BCUT2D eigenvalue weighted by molar-refractivity contribution is 7.99. The molecule has 0 aliphatic carbocycles. The molecular weight excluding hydrogens is 262 g/mol. The van der Waals surface area contributed by atoms with Gasteiger partial charge < -0.3 is 10.4 Å². The van der Waals surface area contributed by atoms with Crippen molar-refractivity contribution in [3.05, 3.63) is 35.9 Å². The van der Waals surface area contributed by atoms with Gasteiger partial charge in [0.2, 0.25) is 5.91 Å². The molecule has 0 aliphatic heterocycles. The van der Waals surface area contributed by atoms with Crippen molar-refractivity contribution in [1.82, 2.24) is 5.32 Å². The number of rotatable bonds is 7. The number of hydrogen-bond donors (Lipinski definition) is 2. The zero-order valence-electron chi connectivity index (χ0n) is 11.1. The molecule has 0 aromatic heterocycles. The Hall–Kier alpha value is -1.49. The van der Waals surface area contributed by atoms with E-state index in [1.165, 1.54) is 11.8 Å². The van der Waals surface area contributed by atoms with Gasteiger partial charge in [-0.2, -0.15) is 0 Å². The summed E-state index contributed by atoms with van der Waals surface area (Å²) in [5.74, 6) is -1.23. The Morgan fingerprint density at radius 3 is 2.42 bits per heavy atom. The number of carbonyl (C=O) groups is 2. The van der Waals surface area contributed by atoms with Gasteiger partial charge in [0.1, 0.15) is 11.3 Å². The number of nitrogens with one attached hydrogen (secondary N) is 1. The molecule has 0 fully saturated rings. The molecule has 1 aromatic carbocycles. The highest BCUT2D eigenvalue weighted by atomic mass is 32.2. The number of hydrogen-bond acceptors (Lipinski definition) is 3. The topological polar surface area (TPSA) is 66.4 Å². The first-order chi connectivity index (χ1) is 9.10. The third-order valence-electron chi connectivity index (χ3n) is 2.77. The molecule has 2 atom stereocenters.